The number of urea groups is 1. The fourth-order valence-corrected chi connectivity index (χ4v) is 1.76. The van der Waals surface area contributed by atoms with E-state index >= 15 is 0 Å². The van der Waals surface area contributed by atoms with Gasteiger partial charge in [-0.3, -0.25) is 15.0 Å². The van der Waals surface area contributed by atoms with Gasteiger partial charge in [0.25, 0.3) is 5.91 Å². The average Bonchev–Trinajstić information content (AvgIpc) is 2.39. The minimum atomic E-state index is -0.813. The van der Waals surface area contributed by atoms with Gasteiger partial charge in [-0.25, -0.2) is 4.79 Å². The van der Waals surface area contributed by atoms with Crippen molar-refractivity contribution in [2.45, 2.75) is 32.2 Å². The monoisotopic (exact) mass is 292 g/mol. The maximum Gasteiger partial charge on any atom is 0.326 e. The Morgan fingerprint density at radius 3 is 2.56 bits per heavy atom. The second-order valence-corrected chi connectivity index (χ2v) is 4.97. The van der Waals surface area contributed by atoms with Gasteiger partial charge in [0, 0.05) is 11.9 Å². The third kappa shape index (κ3) is 2.95. The first kappa shape index (κ1) is 13.4. The highest BCUT2D eigenvalue weighted by atomic mass is 79.9. The van der Waals surface area contributed by atoms with E-state index < -0.39 is 5.54 Å². The van der Waals surface area contributed by atoms with Crippen LogP contribution in [-0.2, 0) is 9.53 Å². The number of nitrogens with zero attached hydrogens (tertiary/aromatic N) is 1. The molecule has 3 amide bonds. The summed E-state index contributed by atoms with van der Waals surface area (Å²) >= 11 is 3.33. The maximum atomic E-state index is 11.4. The number of rotatable bonds is 6. The molecule has 1 saturated heterocycles. The second kappa shape index (κ2) is 5.63. The molecule has 0 aromatic carbocycles. The number of unbranched alkanes of at least 4 members (excludes halogenated alkanes) is 1. The summed E-state index contributed by atoms with van der Waals surface area (Å²) in [5.41, 5.74) is -0.813. The number of ether oxygens (including phenoxy) is 1. The summed E-state index contributed by atoms with van der Waals surface area (Å²) in [4.78, 5) is 24.2. The predicted octanol–water partition coefficient (Wildman–Crippen LogP) is 1.47. The Kier molecular flexibility index (Phi) is 4.73. The lowest BCUT2D eigenvalue weighted by Crippen LogP contribution is -2.45. The van der Waals surface area contributed by atoms with E-state index in [1.165, 1.54) is 4.90 Å². The number of amides is 3. The topological polar surface area (TPSA) is 58.6 Å². The van der Waals surface area contributed by atoms with E-state index in [0.29, 0.717) is 6.61 Å². The number of alkyl halides is 1. The molecule has 0 radical (unpaired) electrons. The van der Waals surface area contributed by atoms with Crippen LogP contribution in [0.5, 0.6) is 0 Å². The third-order valence-electron chi connectivity index (χ3n) is 2.59. The standard InChI is InChI=1S/C10H17BrN2O3/c1-10(2)8(14)12-9(15)13(10)7-16-6-4-3-5-11/h3-7H2,1-2H3,(H,12,14,15). The Labute approximate surface area is 104 Å². The number of carbonyl (C=O) groups excluding carboxylic acids is 2. The van der Waals surface area contributed by atoms with Gasteiger partial charge in [-0.1, -0.05) is 15.9 Å². The van der Waals surface area contributed by atoms with Crippen molar-refractivity contribution >= 4 is 27.9 Å². The molecule has 0 aromatic heterocycles. The Morgan fingerprint density at radius 2 is 2.06 bits per heavy atom. The quantitative estimate of drug-likeness (QED) is 0.458. The van der Waals surface area contributed by atoms with Crippen LogP contribution in [0.2, 0.25) is 0 Å². The minimum absolute atomic E-state index is 0.160. The first-order valence-electron chi connectivity index (χ1n) is 5.27. The molecule has 0 aliphatic carbocycles. The molecular formula is C10H17BrN2O3. The largest absolute Gasteiger partial charge is 0.361 e. The minimum Gasteiger partial charge on any atom is -0.361 e. The number of carbonyl (C=O) groups is 2. The van der Waals surface area contributed by atoms with Crippen molar-refractivity contribution in [2.24, 2.45) is 0 Å². The fourth-order valence-electron chi connectivity index (χ4n) is 1.37. The Morgan fingerprint density at radius 1 is 1.38 bits per heavy atom. The van der Waals surface area contributed by atoms with Crippen molar-refractivity contribution in [1.82, 2.24) is 10.2 Å². The summed E-state index contributed by atoms with van der Waals surface area (Å²) in [5.74, 6) is -0.276. The molecule has 1 fully saturated rings. The molecule has 0 aromatic rings. The van der Waals surface area contributed by atoms with Gasteiger partial charge >= 0.3 is 6.03 Å². The highest BCUT2D eigenvalue weighted by molar-refractivity contribution is 9.09. The van der Waals surface area contributed by atoms with Crippen LogP contribution >= 0.6 is 15.9 Å². The van der Waals surface area contributed by atoms with Gasteiger partial charge in [-0.05, 0) is 26.7 Å². The molecule has 92 valence electrons. The smallest absolute Gasteiger partial charge is 0.326 e. The van der Waals surface area contributed by atoms with Crippen molar-refractivity contribution in [1.29, 1.82) is 0 Å². The van der Waals surface area contributed by atoms with Crippen molar-refractivity contribution in [3.05, 3.63) is 0 Å². The van der Waals surface area contributed by atoms with Crippen LogP contribution in [0, 0.1) is 0 Å². The van der Waals surface area contributed by atoms with Crippen molar-refractivity contribution in [2.75, 3.05) is 18.7 Å². The van der Waals surface area contributed by atoms with Crippen LogP contribution in [0.3, 0.4) is 0 Å². The number of hydrogen-bond acceptors (Lipinski definition) is 3. The summed E-state index contributed by atoms with van der Waals surface area (Å²) in [6, 6.07) is -0.379. The summed E-state index contributed by atoms with van der Waals surface area (Å²) in [6.45, 7) is 4.16. The number of imide groups is 1. The lowest BCUT2D eigenvalue weighted by atomic mass is 10.1. The average molecular weight is 293 g/mol. The first-order valence-corrected chi connectivity index (χ1v) is 6.39. The lowest BCUT2D eigenvalue weighted by Gasteiger charge is -2.27. The lowest BCUT2D eigenvalue weighted by molar-refractivity contribution is -0.126. The normalized spacial score (nSPS) is 19.1. The molecular weight excluding hydrogens is 276 g/mol. The van der Waals surface area contributed by atoms with Crippen LogP contribution in [-0.4, -0.2) is 41.0 Å². The first-order chi connectivity index (χ1) is 7.50. The SMILES string of the molecule is CC1(C)C(=O)NC(=O)N1COCCCCBr. The number of hydrogen-bond donors (Lipinski definition) is 1. The molecule has 1 aliphatic rings. The van der Waals surface area contributed by atoms with Gasteiger partial charge < -0.3 is 4.74 Å². The van der Waals surface area contributed by atoms with Crippen LogP contribution in [0.15, 0.2) is 0 Å². The Bertz CT molecular complexity index is 281. The molecule has 1 rings (SSSR count). The summed E-state index contributed by atoms with van der Waals surface area (Å²) in [7, 11) is 0. The van der Waals surface area contributed by atoms with Crippen molar-refractivity contribution in [3.8, 4) is 0 Å². The molecule has 16 heavy (non-hydrogen) atoms. The zero-order valence-corrected chi connectivity index (χ0v) is 11.2. The van der Waals surface area contributed by atoms with E-state index in [0.717, 1.165) is 18.2 Å². The van der Waals surface area contributed by atoms with E-state index in [1.807, 2.05) is 0 Å². The van der Waals surface area contributed by atoms with Gasteiger partial charge in [0.1, 0.15) is 12.3 Å². The van der Waals surface area contributed by atoms with Crippen LogP contribution in [0.25, 0.3) is 0 Å². The highest BCUT2D eigenvalue weighted by Gasteiger charge is 2.45. The van der Waals surface area contributed by atoms with Crippen LogP contribution in [0.1, 0.15) is 26.7 Å². The van der Waals surface area contributed by atoms with Crippen LogP contribution in [0.4, 0.5) is 4.79 Å². The number of halogens is 1. The molecule has 0 bridgehead atoms. The molecule has 0 unspecified atom stereocenters. The molecule has 0 spiro atoms. The zero-order chi connectivity index (χ0) is 12.2. The predicted molar refractivity (Wildman–Crippen MR) is 63.3 cm³/mol. The molecule has 1 heterocycles. The molecule has 0 atom stereocenters. The molecule has 1 N–H and O–H groups in total. The number of nitrogens with one attached hydrogen (secondary N) is 1. The van der Waals surface area contributed by atoms with Crippen molar-refractivity contribution in [3.63, 3.8) is 0 Å². The maximum absolute atomic E-state index is 11.4. The fraction of sp³-hybridized carbons (Fsp3) is 0.800. The van der Waals surface area contributed by atoms with E-state index in [2.05, 4.69) is 21.2 Å². The summed E-state index contributed by atoms with van der Waals surface area (Å²) in [6.07, 6.45) is 1.98. The van der Waals surface area contributed by atoms with E-state index in [-0.39, 0.29) is 18.7 Å². The van der Waals surface area contributed by atoms with E-state index in [4.69, 9.17) is 4.74 Å². The molecule has 0 saturated carbocycles. The highest BCUT2D eigenvalue weighted by Crippen LogP contribution is 2.20. The van der Waals surface area contributed by atoms with Crippen molar-refractivity contribution < 1.29 is 14.3 Å². The van der Waals surface area contributed by atoms with Gasteiger partial charge in [0.15, 0.2) is 0 Å². The van der Waals surface area contributed by atoms with Gasteiger partial charge in [0.2, 0.25) is 0 Å². The summed E-state index contributed by atoms with van der Waals surface area (Å²) in [5, 5.41) is 3.22. The molecule has 1 aliphatic heterocycles. The van der Waals surface area contributed by atoms with E-state index in [1.54, 1.807) is 13.8 Å². The van der Waals surface area contributed by atoms with Crippen LogP contribution < -0.4 is 5.32 Å². The Hall–Kier alpha value is -0.620. The summed E-state index contributed by atoms with van der Waals surface area (Å²) < 4.78 is 5.37. The van der Waals surface area contributed by atoms with Gasteiger partial charge in [-0.2, -0.15) is 0 Å². The third-order valence-corrected chi connectivity index (χ3v) is 3.15. The molecule has 6 heteroatoms. The Balaban J connectivity index is 2.36. The van der Waals surface area contributed by atoms with Gasteiger partial charge in [-0.15, -0.1) is 0 Å². The van der Waals surface area contributed by atoms with E-state index in [9.17, 15) is 9.59 Å². The van der Waals surface area contributed by atoms with Gasteiger partial charge in [0.05, 0.1) is 0 Å². The second-order valence-electron chi connectivity index (χ2n) is 4.18. The molecule has 5 nitrogen and oxygen atoms in total. The zero-order valence-electron chi connectivity index (χ0n) is 9.59.